The predicted octanol–water partition coefficient (Wildman–Crippen LogP) is 9.86. The molecule has 0 atom stereocenters. The number of hydrogen-bond donors (Lipinski definition) is 0. The fourth-order valence-corrected chi connectivity index (χ4v) is 7.70. The Balaban J connectivity index is 1.41. The highest BCUT2D eigenvalue weighted by molar-refractivity contribution is 7.00. The third kappa shape index (κ3) is 4.52. The normalized spacial score (nSPS) is 12.7. The number of hydrogen-bond acceptors (Lipinski definition) is 3. The standard InChI is InChI=1S/C44H34BN3/c1-31-15-13-21-35(27-31)46(36-22-14-16-32(2)28-36)37-29-42-44-43(30-37)48(34-19-7-4-8-20-34)41-26-12-10-24-39(41)45(44)38-23-9-11-25-40(38)47(42)33-17-5-3-6-18-33/h3-30H,1-2H3. The second kappa shape index (κ2) is 11.4. The molecule has 228 valence electrons. The average molecular weight is 616 g/mol. The molecule has 7 aromatic rings. The molecule has 2 aliphatic rings. The Morgan fingerprint density at radius 2 is 0.833 bits per heavy atom. The van der Waals surface area contributed by atoms with Gasteiger partial charge in [-0.3, -0.25) is 0 Å². The van der Waals surface area contributed by atoms with E-state index in [1.54, 1.807) is 0 Å². The van der Waals surface area contributed by atoms with E-state index in [-0.39, 0.29) is 6.71 Å². The average Bonchev–Trinajstić information content (AvgIpc) is 3.12. The first-order valence-electron chi connectivity index (χ1n) is 16.7. The van der Waals surface area contributed by atoms with Crippen LogP contribution in [-0.2, 0) is 0 Å². The minimum Gasteiger partial charge on any atom is -0.311 e. The first-order chi connectivity index (χ1) is 23.7. The van der Waals surface area contributed by atoms with Crippen LogP contribution in [-0.4, -0.2) is 6.71 Å². The maximum atomic E-state index is 2.47. The zero-order valence-corrected chi connectivity index (χ0v) is 27.1. The van der Waals surface area contributed by atoms with Crippen molar-refractivity contribution in [3.63, 3.8) is 0 Å². The summed E-state index contributed by atoms with van der Waals surface area (Å²) in [6.07, 6.45) is 0. The molecule has 0 spiro atoms. The molecule has 0 aliphatic carbocycles. The highest BCUT2D eigenvalue weighted by Gasteiger charge is 2.43. The van der Waals surface area contributed by atoms with Crippen LogP contribution in [0, 0.1) is 13.8 Å². The highest BCUT2D eigenvalue weighted by Crippen LogP contribution is 2.47. The van der Waals surface area contributed by atoms with Gasteiger partial charge < -0.3 is 14.7 Å². The molecular weight excluding hydrogens is 581 g/mol. The van der Waals surface area contributed by atoms with E-state index in [1.165, 1.54) is 50.3 Å². The summed E-state index contributed by atoms with van der Waals surface area (Å²) >= 11 is 0. The van der Waals surface area contributed by atoms with Crippen LogP contribution >= 0.6 is 0 Å². The second-order valence-corrected chi connectivity index (χ2v) is 12.8. The molecule has 48 heavy (non-hydrogen) atoms. The van der Waals surface area contributed by atoms with E-state index >= 15 is 0 Å². The first kappa shape index (κ1) is 28.2. The number of rotatable bonds is 5. The maximum absolute atomic E-state index is 2.47. The summed E-state index contributed by atoms with van der Waals surface area (Å²) in [5.74, 6) is 0. The number of anilines is 9. The molecule has 0 amide bonds. The van der Waals surface area contributed by atoms with Gasteiger partial charge in [-0.1, -0.05) is 97.1 Å². The molecule has 0 saturated carbocycles. The lowest BCUT2D eigenvalue weighted by atomic mass is 9.33. The smallest absolute Gasteiger partial charge is 0.252 e. The fraction of sp³-hybridized carbons (Fsp3) is 0.0455. The Hall–Kier alpha value is -6.00. The Morgan fingerprint density at radius 3 is 1.29 bits per heavy atom. The van der Waals surface area contributed by atoms with Crippen LogP contribution in [0.3, 0.4) is 0 Å². The van der Waals surface area contributed by atoms with E-state index in [9.17, 15) is 0 Å². The van der Waals surface area contributed by atoms with E-state index in [0.717, 1.165) is 28.4 Å². The molecule has 0 unspecified atom stereocenters. The van der Waals surface area contributed by atoms with Gasteiger partial charge in [-0.05, 0) is 114 Å². The van der Waals surface area contributed by atoms with E-state index < -0.39 is 0 Å². The summed E-state index contributed by atoms with van der Waals surface area (Å²) in [7, 11) is 0. The summed E-state index contributed by atoms with van der Waals surface area (Å²) in [6.45, 7) is 4.42. The Kier molecular flexibility index (Phi) is 6.68. The van der Waals surface area contributed by atoms with Crippen LogP contribution in [0.4, 0.5) is 51.2 Å². The number of nitrogens with zero attached hydrogens (tertiary/aromatic N) is 3. The van der Waals surface area contributed by atoms with E-state index in [2.05, 4.69) is 198 Å². The minimum absolute atomic E-state index is 0.0859. The van der Waals surface area contributed by atoms with Gasteiger partial charge in [-0.25, -0.2) is 0 Å². The summed E-state index contributed by atoms with van der Waals surface area (Å²) in [4.78, 5) is 7.35. The highest BCUT2D eigenvalue weighted by atomic mass is 15.2. The van der Waals surface area contributed by atoms with Crippen molar-refractivity contribution in [3.05, 3.63) is 181 Å². The van der Waals surface area contributed by atoms with Gasteiger partial charge in [0.25, 0.3) is 6.71 Å². The van der Waals surface area contributed by atoms with Crippen molar-refractivity contribution >= 4 is 74.3 Å². The SMILES string of the molecule is Cc1cccc(N(c2cccc(C)c2)c2cc3c4c(c2)N(c2ccccc2)c2ccccc2B4c2ccccc2N3c2ccccc2)c1. The van der Waals surface area contributed by atoms with Crippen molar-refractivity contribution in [1.29, 1.82) is 0 Å². The summed E-state index contributed by atoms with van der Waals surface area (Å²) in [6, 6.07) is 62.0. The summed E-state index contributed by atoms with van der Waals surface area (Å²) in [5.41, 5.74) is 16.9. The van der Waals surface area contributed by atoms with Gasteiger partial charge in [0.15, 0.2) is 0 Å². The zero-order chi connectivity index (χ0) is 32.2. The van der Waals surface area contributed by atoms with Crippen molar-refractivity contribution < 1.29 is 0 Å². The maximum Gasteiger partial charge on any atom is 0.252 e. The molecule has 7 aromatic carbocycles. The van der Waals surface area contributed by atoms with Crippen molar-refractivity contribution in [2.75, 3.05) is 14.7 Å². The molecular formula is C44H34BN3. The van der Waals surface area contributed by atoms with Crippen LogP contribution < -0.4 is 31.1 Å². The van der Waals surface area contributed by atoms with E-state index in [0.29, 0.717) is 0 Å². The molecule has 0 N–H and O–H groups in total. The lowest BCUT2D eigenvalue weighted by Gasteiger charge is -2.45. The molecule has 0 fully saturated rings. The number of para-hydroxylation sites is 4. The van der Waals surface area contributed by atoms with Crippen LogP contribution in [0.2, 0.25) is 0 Å². The van der Waals surface area contributed by atoms with Crippen molar-refractivity contribution in [2.45, 2.75) is 13.8 Å². The lowest BCUT2D eigenvalue weighted by Crippen LogP contribution is -2.61. The Labute approximate surface area is 283 Å². The predicted molar refractivity (Wildman–Crippen MR) is 205 cm³/mol. The molecule has 0 aromatic heterocycles. The molecule has 9 rings (SSSR count). The van der Waals surface area contributed by atoms with Crippen molar-refractivity contribution in [3.8, 4) is 0 Å². The fourth-order valence-electron chi connectivity index (χ4n) is 7.70. The van der Waals surface area contributed by atoms with Crippen LogP contribution in [0.1, 0.15) is 11.1 Å². The molecule has 0 bridgehead atoms. The topological polar surface area (TPSA) is 9.72 Å². The third-order valence-electron chi connectivity index (χ3n) is 9.68. The van der Waals surface area contributed by atoms with Gasteiger partial charge in [0.05, 0.1) is 5.69 Å². The third-order valence-corrected chi connectivity index (χ3v) is 9.68. The molecule has 2 heterocycles. The van der Waals surface area contributed by atoms with Gasteiger partial charge in [-0.2, -0.15) is 0 Å². The molecule has 3 nitrogen and oxygen atoms in total. The second-order valence-electron chi connectivity index (χ2n) is 12.8. The largest absolute Gasteiger partial charge is 0.311 e. The first-order valence-corrected chi connectivity index (χ1v) is 16.7. The van der Waals surface area contributed by atoms with Crippen molar-refractivity contribution in [2.24, 2.45) is 0 Å². The van der Waals surface area contributed by atoms with Gasteiger partial charge in [0.1, 0.15) is 0 Å². The Morgan fingerprint density at radius 1 is 0.396 bits per heavy atom. The van der Waals surface area contributed by atoms with Crippen LogP contribution in [0.25, 0.3) is 0 Å². The molecule has 4 heteroatoms. The van der Waals surface area contributed by atoms with Crippen molar-refractivity contribution in [1.82, 2.24) is 0 Å². The van der Waals surface area contributed by atoms with E-state index in [4.69, 9.17) is 0 Å². The zero-order valence-electron chi connectivity index (χ0n) is 27.1. The quantitative estimate of drug-likeness (QED) is 0.179. The number of benzene rings is 7. The lowest BCUT2D eigenvalue weighted by molar-refractivity contribution is 1.22. The van der Waals surface area contributed by atoms with Gasteiger partial charge in [0, 0.05) is 45.5 Å². The number of aryl methyl sites for hydroxylation is 2. The Bertz CT molecular complexity index is 2140. The van der Waals surface area contributed by atoms with Crippen LogP contribution in [0.5, 0.6) is 0 Å². The summed E-state index contributed by atoms with van der Waals surface area (Å²) < 4.78 is 0. The monoisotopic (exact) mass is 615 g/mol. The van der Waals surface area contributed by atoms with Crippen LogP contribution in [0.15, 0.2) is 170 Å². The van der Waals surface area contributed by atoms with Gasteiger partial charge in [0.2, 0.25) is 0 Å². The minimum atomic E-state index is 0.0859. The molecule has 0 saturated heterocycles. The summed E-state index contributed by atoms with van der Waals surface area (Å²) in [5, 5.41) is 0. The molecule has 2 aliphatic heterocycles. The van der Waals surface area contributed by atoms with E-state index in [1.807, 2.05) is 0 Å². The van der Waals surface area contributed by atoms with Gasteiger partial charge in [-0.15, -0.1) is 0 Å². The number of fused-ring (bicyclic) bond motifs is 4. The van der Waals surface area contributed by atoms with Gasteiger partial charge >= 0.3 is 0 Å². The molecule has 0 radical (unpaired) electrons.